The van der Waals surface area contributed by atoms with Gasteiger partial charge in [0.05, 0.1) is 17.7 Å². The van der Waals surface area contributed by atoms with E-state index in [0.29, 0.717) is 22.3 Å². The zero-order chi connectivity index (χ0) is 22.2. The van der Waals surface area contributed by atoms with E-state index in [2.05, 4.69) is 20.3 Å². The lowest BCUT2D eigenvalue weighted by Gasteiger charge is -2.12. The van der Waals surface area contributed by atoms with Gasteiger partial charge in [0.1, 0.15) is 17.9 Å². The molecule has 2 aromatic heterocycles. The van der Waals surface area contributed by atoms with E-state index in [4.69, 9.17) is 14.6 Å². The topological polar surface area (TPSA) is 132 Å². The third-order valence-electron chi connectivity index (χ3n) is 4.46. The van der Waals surface area contributed by atoms with Gasteiger partial charge in [0, 0.05) is 22.7 Å². The summed E-state index contributed by atoms with van der Waals surface area (Å²) in [6.07, 6.45) is 1.23. The number of aryl methyl sites for hydroxylation is 1. The zero-order valence-electron chi connectivity index (χ0n) is 16.5. The normalized spacial score (nSPS) is 11.5. The fourth-order valence-corrected chi connectivity index (χ4v) is 3.58. The molecule has 11 heteroatoms. The number of nitrogens with two attached hydrogens (primary N) is 1. The van der Waals surface area contributed by atoms with Crippen LogP contribution in [-0.2, 0) is 10.0 Å². The number of fused-ring (bicyclic) bond motifs is 1. The average molecular weight is 443 g/mol. The first-order valence-electron chi connectivity index (χ1n) is 9.00. The minimum Gasteiger partial charge on any atom is -0.495 e. The third kappa shape index (κ3) is 4.27. The average Bonchev–Trinajstić information content (AvgIpc) is 3.11. The Kier molecular flexibility index (Phi) is 5.21. The number of anilines is 2. The van der Waals surface area contributed by atoms with Gasteiger partial charge in [-0.3, -0.25) is 0 Å². The SMILES string of the molecule is COc1ccc(S(N)(=O)=O)cc1Nc1cc(Oc2ccc3[nH]c(C)cc3c2F)ncn1. The molecule has 0 bridgehead atoms. The molecule has 0 amide bonds. The predicted molar refractivity (Wildman–Crippen MR) is 113 cm³/mol. The first kappa shape index (κ1) is 20.6. The lowest BCUT2D eigenvalue weighted by atomic mass is 10.2. The summed E-state index contributed by atoms with van der Waals surface area (Å²) in [5.74, 6) is 0.216. The van der Waals surface area contributed by atoms with E-state index in [9.17, 15) is 12.8 Å². The van der Waals surface area contributed by atoms with Crippen molar-refractivity contribution in [2.24, 2.45) is 5.14 Å². The molecule has 0 atom stereocenters. The summed E-state index contributed by atoms with van der Waals surface area (Å²) in [4.78, 5) is 11.0. The maximum Gasteiger partial charge on any atom is 0.238 e. The Morgan fingerprint density at radius 3 is 2.61 bits per heavy atom. The Balaban J connectivity index is 1.63. The number of nitrogens with one attached hydrogen (secondary N) is 2. The third-order valence-corrected chi connectivity index (χ3v) is 5.37. The molecule has 4 rings (SSSR count). The molecule has 0 radical (unpaired) electrons. The monoisotopic (exact) mass is 443 g/mol. The predicted octanol–water partition coefficient (Wildman–Crippen LogP) is 3.60. The number of primary sulfonamides is 1. The minimum atomic E-state index is -3.91. The molecule has 0 saturated heterocycles. The molecule has 0 aliphatic rings. The second kappa shape index (κ2) is 7.85. The number of aromatic nitrogens is 3. The van der Waals surface area contributed by atoms with E-state index < -0.39 is 15.8 Å². The van der Waals surface area contributed by atoms with Gasteiger partial charge in [-0.2, -0.15) is 0 Å². The Morgan fingerprint density at radius 2 is 1.87 bits per heavy atom. The molecule has 0 saturated carbocycles. The van der Waals surface area contributed by atoms with Gasteiger partial charge in [0.25, 0.3) is 0 Å². The highest BCUT2D eigenvalue weighted by Crippen LogP contribution is 2.32. The van der Waals surface area contributed by atoms with Gasteiger partial charge in [-0.15, -0.1) is 0 Å². The number of hydrogen-bond donors (Lipinski definition) is 3. The van der Waals surface area contributed by atoms with Crippen LogP contribution in [0.3, 0.4) is 0 Å². The number of ether oxygens (including phenoxy) is 2. The zero-order valence-corrected chi connectivity index (χ0v) is 17.3. The number of H-pyrrole nitrogens is 1. The van der Waals surface area contributed by atoms with Crippen LogP contribution < -0.4 is 19.9 Å². The number of hydrogen-bond acceptors (Lipinski definition) is 7. The van der Waals surface area contributed by atoms with E-state index >= 15 is 0 Å². The number of sulfonamides is 1. The molecule has 0 spiro atoms. The van der Waals surface area contributed by atoms with Crippen molar-refractivity contribution in [3.8, 4) is 17.4 Å². The van der Waals surface area contributed by atoms with Crippen molar-refractivity contribution in [3.05, 3.63) is 60.3 Å². The molecule has 2 heterocycles. The lowest BCUT2D eigenvalue weighted by Crippen LogP contribution is -2.12. The number of methoxy groups -OCH3 is 1. The van der Waals surface area contributed by atoms with E-state index in [1.54, 1.807) is 12.1 Å². The molecule has 31 heavy (non-hydrogen) atoms. The summed E-state index contributed by atoms with van der Waals surface area (Å²) in [6.45, 7) is 1.83. The molecule has 0 unspecified atom stereocenters. The van der Waals surface area contributed by atoms with Gasteiger partial charge >= 0.3 is 0 Å². The standard InChI is InChI=1S/C20H18FN5O4S/c1-11-7-13-14(25-11)4-6-17(20(13)21)30-19-9-18(23-10-24-19)26-15-8-12(31(22,27)28)3-5-16(15)29-2/h3-10,25H,1-2H3,(H2,22,27,28)(H,23,24,26). The van der Waals surface area contributed by atoms with Crippen LogP contribution in [0, 0.1) is 12.7 Å². The maximum absolute atomic E-state index is 14.8. The fourth-order valence-electron chi connectivity index (χ4n) is 3.04. The second-order valence-electron chi connectivity index (χ2n) is 6.67. The molecular weight excluding hydrogens is 425 g/mol. The number of aromatic amines is 1. The van der Waals surface area contributed by atoms with Crippen molar-refractivity contribution < 1.29 is 22.3 Å². The Bertz CT molecular complexity index is 1390. The van der Waals surface area contributed by atoms with Crippen molar-refractivity contribution in [3.63, 3.8) is 0 Å². The van der Waals surface area contributed by atoms with Crippen LogP contribution in [0.1, 0.15) is 5.69 Å². The van der Waals surface area contributed by atoms with Gasteiger partial charge in [-0.1, -0.05) is 0 Å². The summed E-state index contributed by atoms with van der Waals surface area (Å²) in [6, 6.07) is 10.5. The van der Waals surface area contributed by atoms with Crippen LogP contribution >= 0.6 is 0 Å². The van der Waals surface area contributed by atoms with Crippen LogP contribution in [0.4, 0.5) is 15.9 Å². The number of benzene rings is 2. The Hall–Kier alpha value is -3.70. The van der Waals surface area contributed by atoms with E-state index in [1.807, 2.05) is 6.92 Å². The summed E-state index contributed by atoms with van der Waals surface area (Å²) >= 11 is 0. The number of rotatable bonds is 6. The van der Waals surface area contributed by atoms with Crippen LogP contribution in [0.2, 0.25) is 0 Å². The van der Waals surface area contributed by atoms with Gasteiger partial charge < -0.3 is 19.8 Å². The van der Waals surface area contributed by atoms with Crippen molar-refractivity contribution in [2.75, 3.05) is 12.4 Å². The van der Waals surface area contributed by atoms with E-state index in [1.165, 1.54) is 43.8 Å². The van der Waals surface area contributed by atoms with Crippen LogP contribution in [0.25, 0.3) is 10.9 Å². The molecule has 2 aromatic carbocycles. The number of nitrogens with zero attached hydrogens (tertiary/aromatic N) is 2. The Labute approximate surface area is 177 Å². The first-order valence-corrected chi connectivity index (χ1v) is 10.5. The van der Waals surface area contributed by atoms with Gasteiger partial charge in [-0.25, -0.2) is 27.9 Å². The van der Waals surface area contributed by atoms with Crippen LogP contribution in [0.15, 0.2) is 53.7 Å². The lowest BCUT2D eigenvalue weighted by molar-refractivity contribution is 0.416. The van der Waals surface area contributed by atoms with Crippen LogP contribution in [0.5, 0.6) is 17.4 Å². The number of halogens is 1. The van der Waals surface area contributed by atoms with Crippen molar-refractivity contribution in [1.82, 2.24) is 15.0 Å². The summed E-state index contributed by atoms with van der Waals surface area (Å²) in [5, 5.41) is 8.54. The Morgan fingerprint density at radius 1 is 1.10 bits per heavy atom. The molecule has 0 fully saturated rings. The molecule has 160 valence electrons. The fraction of sp³-hybridized carbons (Fsp3) is 0.100. The minimum absolute atomic E-state index is 0.00459. The van der Waals surface area contributed by atoms with Crippen molar-refractivity contribution in [2.45, 2.75) is 11.8 Å². The quantitative estimate of drug-likeness (QED) is 0.415. The van der Waals surface area contributed by atoms with Gasteiger partial charge in [-0.05, 0) is 43.3 Å². The molecular formula is C20H18FN5O4S. The molecule has 0 aliphatic heterocycles. The van der Waals surface area contributed by atoms with E-state index in [-0.39, 0.29) is 22.3 Å². The summed E-state index contributed by atoms with van der Waals surface area (Å²) in [5.41, 5.74) is 1.80. The first-order chi connectivity index (χ1) is 14.7. The highest BCUT2D eigenvalue weighted by molar-refractivity contribution is 7.89. The molecule has 9 nitrogen and oxygen atoms in total. The van der Waals surface area contributed by atoms with E-state index in [0.717, 1.165) is 5.69 Å². The molecule has 4 N–H and O–H groups in total. The van der Waals surface area contributed by atoms with Crippen molar-refractivity contribution >= 4 is 32.4 Å². The van der Waals surface area contributed by atoms with Crippen molar-refractivity contribution in [1.29, 1.82) is 0 Å². The summed E-state index contributed by atoms with van der Waals surface area (Å²) < 4.78 is 48.9. The molecule has 4 aromatic rings. The highest BCUT2D eigenvalue weighted by atomic mass is 32.2. The largest absolute Gasteiger partial charge is 0.495 e. The molecule has 0 aliphatic carbocycles. The summed E-state index contributed by atoms with van der Waals surface area (Å²) in [7, 11) is -2.47. The van der Waals surface area contributed by atoms with Gasteiger partial charge in [0.15, 0.2) is 11.6 Å². The highest BCUT2D eigenvalue weighted by Gasteiger charge is 2.15. The smallest absolute Gasteiger partial charge is 0.238 e. The van der Waals surface area contributed by atoms with Gasteiger partial charge in [0.2, 0.25) is 15.9 Å². The maximum atomic E-state index is 14.8. The second-order valence-corrected chi connectivity index (χ2v) is 8.23. The van der Waals surface area contributed by atoms with Crippen LogP contribution in [-0.4, -0.2) is 30.5 Å².